The van der Waals surface area contributed by atoms with Crippen molar-refractivity contribution >= 4 is 11.6 Å². The Morgan fingerprint density at radius 3 is 2.80 bits per heavy atom. The predicted octanol–water partition coefficient (Wildman–Crippen LogP) is 1.67. The molecule has 0 spiro atoms. The molecule has 2 bridgehead atoms. The molecule has 0 aromatic heterocycles. The van der Waals surface area contributed by atoms with Gasteiger partial charge in [-0.05, 0) is 44.8 Å². The van der Waals surface area contributed by atoms with Crippen LogP contribution in [0.1, 0.15) is 30.0 Å². The van der Waals surface area contributed by atoms with Crippen LogP contribution < -0.4 is 10.6 Å². The number of piperidine rings is 3. The van der Waals surface area contributed by atoms with Gasteiger partial charge in [-0.1, -0.05) is 17.7 Å². The van der Waals surface area contributed by atoms with Crippen molar-refractivity contribution in [1.29, 1.82) is 0 Å². The number of hydrogen-bond acceptors (Lipinski definition) is 3. The van der Waals surface area contributed by atoms with Crippen LogP contribution in [0.3, 0.4) is 0 Å². The topological polar surface area (TPSA) is 44.4 Å². The van der Waals surface area contributed by atoms with Crippen LogP contribution in [0.5, 0.6) is 0 Å². The van der Waals surface area contributed by atoms with Crippen LogP contribution in [-0.4, -0.2) is 36.5 Å². The molecule has 4 heterocycles. The number of amides is 1. The van der Waals surface area contributed by atoms with Crippen molar-refractivity contribution in [3.8, 4) is 0 Å². The number of aryl methyl sites for hydroxylation is 1. The zero-order valence-electron chi connectivity index (χ0n) is 11.9. The van der Waals surface area contributed by atoms with Gasteiger partial charge in [-0.3, -0.25) is 10.1 Å². The lowest BCUT2D eigenvalue weighted by atomic mass is 9.83. The molecule has 1 aromatic carbocycles. The number of benzene rings is 1. The molecule has 1 aromatic rings. The van der Waals surface area contributed by atoms with Crippen molar-refractivity contribution in [1.82, 2.24) is 10.2 Å². The molecule has 3 saturated heterocycles. The van der Waals surface area contributed by atoms with Gasteiger partial charge in [0.05, 0.1) is 0 Å². The van der Waals surface area contributed by atoms with Crippen molar-refractivity contribution in [2.75, 3.05) is 25.0 Å². The van der Waals surface area contributed by atoms with Crippen molar-refractivity contribution in [2.24, 2.45) is 5.92 Å². The van der Waals surface area contributed by atoms with E-state index < -0.39 is 0 Å². The Morgan fingerprint density at radius 1 is 1.30 bits per heavy atom. The van der Waals surface area contributed by atoms with Crippen LogP contribution >= 0.6 is 0 Å². The third-order valence-corrected chi connectivity index (χ3v) is 5.08. The fraction of sp³-hybridized carbons (Fsp3) is 0.562. The zero-order valence-corrected chi connectivity index (χ0v) is 11.9. The smallest absolute Gasteiger partial charge is 0.246 e. The minimum atomic E-state index is -0.171. The Balaban J connectivity index is 1.57. The highest BCUT2D eigenvalue weighted by molar-refractivity contribution is 6.02. The van der Waals surface area contributed by atoms with Crippen LogP contribution in [0.15, 0.2) is 18.2 Å². The Bertz CT molecular complexity index is 549. The highest BCUT2D eigenvalue weighted by atomic mass is 16.2. The molecule has 4 nitrogen and oxygen atoms in total. The van der Waals surface area contributed by atoms with Crippen molar-refractivity contribution < 1.29 is 4.79 Å². The second-order valence-corrected chi connectivity index (χ2v) is 6.42. The summed E-state index contributed by atoms with van der Waals surface area (Å²) in [5, 5.41) is 6.62. The molecule has 106 valence electrons. The number of hydrogen-bond donors (Lipinski definition) is 2. The van der Waals surface area contributed by atoms with E-state index >= 15 is 0 Å². The number of nitrogens with one attached hydrogen (secondary N) is 2. The average molecular weight is 271 g/mol. The van der Waals surface area contributed by atoms with Gasteiger partial charge in [0.1, 0.15) is 6.04 Å². The largest absolute Gasteiger partial charge is 0.324 e. The molecule has 1 amide bonds. The van der Waals surface area contributed by atoms with E-state index in [9.17, 15) is 4.79 Å². The summed E-state index contributed by atoms with van der Waals surface area (Å²) >= 11 is 0. The predicted molar refractivity (Wildman–Crippen MR) is 78.6 cm³/mol. The van der Waals surface area contributed by atoms with Crippen LogP contribution in [0.2, 0.25) is 0 Å². The first-order valence-corrected chi connectivity index (χ1v) is 7.60. The number of carbonyl (C=O) groups excluding carboxylic acids is 1. The van der Waals surface area contributed by atoms with Crippen molar-refractivity contribution in [3.05, 3.63) is 29.3 Å². The van der Waals surface area contributed by atoms with Crippen molar-refractivity contribution in [3.63, 3.8) is 0 Å². The third-order valence-electron chi connectivity index (χ3n) is 5.08. The number of fused-ring (bicyclic) bond motifs is 4. The summed E-state index contributed by atoms with van der Waals surface area (Å²) in [6, 6.07) is 6.48. The minimum absolute atomic E-state index is 0.0991. The van der Waals surface area contributed by atoms with E-state index in [1.54, 1.807) is 0 Å². The normalized spacial score (nSPS) is 35.0. The van der Waals surface area contributed by atoms with Crippen molar-refractivity contribution in [2.45, 2.75) is 31.8 Å². The van der Waals surface area contributed by atoms with Gasteiger partial charge in [0.15, 0.2) is 0 Å². The molecule has 5 rings (SSSR count). The van der Waals surface area contributed by atoms with E-state index in [1.165, 1.54) is 31.5 Å². The molecule has 4 aliphatic heterocycles. The first-order chi connectivity index (χ1) is 9.70. The molecule has 2 atom stereocenters. The van der Waals surface area contributed by atoms with Crippen LogP contribution in [-0.2, 0) is 4.79 Å². The SMILES string of the molecule is Cc1ccc2c(c1)C(NC1CN3CCC1CC3)C(=O)N2. The van der Waals surface area contributed by atoms with E-state index in [0.717, 1.165) is 23.7 Å². The summed E-state index contributed by atoms with van der Waals surface area (Å²) in [6.07, 6.45) is 2.54. The van der Waals surface area contributed by atoms with E-state index in [0.29, 0.717) is 6.04 Å². The lowest BCUT2D eigenvalue weighted by Gasteiger charge is -2.45. The first-order valence-electron chi connectivity index (χ1n) is 7.60. The molecule has 2 N–H and O–H groups in total. The average Bonchev–Trinajstić information content (AvgIpc) is 2.76. The molecule has 2 unspecified atom stereocenters. The van der Waals surface area contributed by atoms with Gasteiger partial charge < -0.3 is 10.2 Å². The molecule has 0 radical (unpaired) electrons. The summed E-state index contributed by atoms with van der Waals surface area (Å²) < 4.78 is 0. The highest BCUT2D eigenvalue weighted by Gasteiger charge is 2.38. The van der Waals surface area contributed by atoms with Crippen LogP contribution in [0.4, 0.5) is 5.69 Å². The van der Waals surface area contributed by atoms with Gasteiger partial charge in [-0.25, -0.2) is 0 Å². The molecule has 4 aliphatic rings. The Morgan fingerprint density at radius 2 is 2.10 bits per heavy atom. The second kappa shape index (κ2) is 4.57. The molecule has 0 aliphatic carbocycles. The molecular formula is C16H21N3O. The fourth-order valence-electron chi connectivity index (χ4n) is 3.91. The highest BCUT2D eigenvalue weighted by Crippen LogP contribution is 2.34. The summed E-state index contributed by atoms with van der Waals surface area (Å²) in [5.41, 5.74) is 3.30. The van der Waals surface area contributed by atoms with Gasteiger partial charge in [0, 0.05) is 23.8 Å². The van der Waals surface area contributed by atoms with Gasteiger partial charge in [-0.2, -0.15) is 0 Å². The monoisotopic (exact) mass is 271 g/mol. The van der Waals surface area contributed by atoms with Gasteiger partial charge in [0.25, 0.3) is 0 Å². The molecule has 0 saturated carbocycles. The van der Waals surface area contributed by atoms with E-state index in [1.807, 2.05) is 6.07 Å². The maximum Gasteiger partial charge on any atom is 0.246 e. The molecule has 4 heteroatoms. The number of carbonyl (C=O) groups is 1. The molecule has 3 fully saturated rings. The lowest BCUT2D eigenvalue weighted by Crippen LogP contribution is -2.57. The Labute approximate surface area is 119 Å². The number of rotatable bonds is 2. The summed E-state index contributed by atoms with van der Waals surface area (Å²) in [4.78, 5) is 14.8. The minimum Gasteiger partial charge on any atom is -0.324 e. The molecular weight excluding hydrogens is 250 g/mol. The summed E-state index contributed by atoms with van der Waals surface area (Å²) in [5.74, 6) is 0.837. The second-order valence-electron chi connectivity index (χ2n) is 6.42. The van der Waals surface area contributed by atoms with Gasteiger partial charge in [0.2, 0.25) is 5.91 Å². The third kappa shape index (κ3) is 1.95. The van der Waals surface area contributed by atoms with E-state index in [4.69, 9.17) is 0 Å². The van der Waals surface area contributed by atoms with E-state index in [-0.39, 0.29) is 11.9 Å². The Kier molecular flexibility index (Phi) is 2.82. The maximum atomic E-state index is 12.2. The maximum absolute atomic E-state index is 12.2. The van der Waals surface area contributed by atoms with E-state index in [2.05, 4.69) is 34.6 Å². The lowest BCUT2D eigenvalue weighted by molar-refractivity contribution is -0.118. The summed E-state index contributed by atoms with van der Waals surface area (Å²) in [6.45, 7) is 5.63. The van der Waals surface area contributed by atoms with Gasteiger partial charge >= 0.3 is 0 Å². The van der Waals surface area contributed by atoms with Gasteiger partial charge in [-0.15, -0.1) is 0 Å². The Hall–Kier alpha value is -1.39. The number of nitrogens with zero attached hydrogens (tertiary/aromatic N) is 1. The van der Waals surface area contributed by atoms with Crippen LogP contribution in [0, 0.1) is 12.8 Å². The van der Waals surface area contributed by atoms with Crippen LogP contribution in [0.25, 0.3) is 0 Å². The number of anilines is 1. The standard InChI is InChI=1S/C16H21N3O/c1-10-2-3-13-12(8-10)15(16(20)18-13)17-14-9-19-6-4-11(14)5-7-19/h2-3,8,11,14-15,17H,4-7,9H2,1H3,(H,18,20). The summed E-state index contributed by atoms with van der Waals surface area (Å²) in [7, 11) is 0. The molecule has 20 heavy (non-hydrogen) atoms. The quantitative estimate of drug-likeness (QED) is 0.860. The fourth-order valence-corrected chi connectivity index (χ4v) is 3.91. The first kappa shape index (κ1) is 12.4. The zero-order chi connectivity index (χ0) is 13.7.